The molecule has 1 aromatic heterocycles. The van der Waals surface area contributed by atoms with Gasteiger partial charge in [0, 0.05) is 9.75 Å². The van der Waals surface area contributed by atoms with E-state index in [1.165, 1.54) is 17.7 Å². The van der Waals surface area contributed by atoms with Gasteiger partial charge >= 0.3 is 6.03 Å². The van der Waals surface area contributed by atoms with Gasteiger partial charge in [-0.25, -0.2) is 10.2 Å². The van der Waals surface area contributed by atoms with Crippen molar-refractivity contribution in [2.75, 3.05) is 0 Å². The van der Waals surface area contributed by atoms with Gasteiger partial charge in [0.15, 0.2) is 0 Å². The molecule has 0 aliphatic rings. The molecule has 0 radical (unpaired) electrons. The van der Waals surface area contributed by atoms with Crippen LogP contribution in [0.3, 0.4) is 0 Å². The summed E-state index contributed by atoms with van der Waals surface area (Å²) >= 11 is 1.68. The first kappa shape index (κ1) is 11.7. The van der Waals surface area contributed by atoms with Crippen LogP contribution < -0.4 is 11.2 Å². The summed E-state index contributed by atoms with van der Waals surface area (Å²) in [6.45, 7) is 2.17. The third kappa shape index (κ3) is 4.60. The van der Waals surface area contributed by atoms with Crippen LogP contribution >= 0.6 is 11.3 Å². The van der Waals surface area contributed by atoms with Gasteiger partial charge < -0.3 is 5.73 Å². The van der Waals surface area contributed by atoms with E-state index in [4.69, 9.17) is 5.73 Å². The molecule has 0 aliphatic heterocycles. The first-order valence-corrected chi connectivity index (χ1v) is 5.71. The van der Waals surface area contributed by atoms with Gasteiger partial charge in [-0.15, -0.1) is 11.3 Å². The van der Waals surface area contributed by atoms with Crippen LogP contribution in [0, 0.1) is 0 Å². The van der Waals surface area contributed by atoms with E-state index in [0.717, 1.165) is 11.3 Å². The Morgan fingerprint density at radius 1 is 1.67 bits per heavy atom. The first-order valence-electron chi connectivity index (χ1n) is 4.89. The van der Waals surface area contributed by atoms with Crippen LogP contribution in [0.25, 0.3) is 0 Å². The number of hydrogen-bond donors (Lipinski definition) is 2. The number of unbranched alkanes of at least 4 members (excludes halogenated alkanes) is 1. The van der Waals surface area contributed by atoms with Crippen molar-refractivity contribution in [2.24, 2.45) is 10.8 Å². The minimum absolute atomic E-state index is 0.644. The molecule has 5 heteroatoms. The molecule has 0 bridgehead atoms. The Balaban J connectivity index is 2.45. The highest BCUT2D eigenvalue weighted by Gasteiger charge is 1.97. The third-order valence-corrected chi connectivity index (χ3v) is 2.91. The summed E-state index contributed by atoms with van der Waals surface area (Å²) in [5.41, 5.74) is 7.03. The van der Waals surface area contributed by atoms with Crippen LogP contribution in [-0.4, -0.2) is 12.2 Å². The summed E-state index contributed by atoms with van der Waals surface area (Å²) in [7, 11) is 0. The molecular weight excluding hydrogens is 210 g/mol. The summed E-state index contributed by atoms with van der Waals surface area (Å²) in [5.74, 6) is 0. The number of urea groups is 1. The molecule has 0 spiro atoms. The van der Waals surface area contributed by atoms with Gasteiger partial charge in [0.2, 0.25) is 0 Å². The minimum atomic E-state index is -0.644. The van der Waals surface area contributed by atoms with Gasteiger partial charge in [-0.1, -0.05) is 13.3 Å². The molecule has 1 aromatic rings. The second-order valence-electron chi connectivity index (χ2n) is 3.14. The summed E-state index contributed by atoms with van der Waals surface area (Å²) in [5, 5.41) is 3.70. The fraction of sp³-hybridized carbons (Fsp3) is 0.400. The number of amides is 2. The lowest BCUT2D eigenvalue weighted by atomic mass is 10.2. The van der Waals surface area contributed by atoms with E-state index in [0.29, 0.717) is 0 Å². The molecule has 15 heavy (non-hydrogen) atoms. The Kier molecular flexibility index (Phi) is 4.83. The van der Waals surface area contributed by atoms with Gasteiger partial charge in [0.05, 0.1) is 6.21 Å². The Morgan fingerprint density at radius 3 is 3.13 bits per heavy atom. The van der Waals surface area contributed by atoms with Crippen LogP contribution in [-0.2, 0) is 6.42 Å². The molecule has 4 nitrogen and oxygen atoms in total. The number of rotatable bonds is 5. The fourth-order valence-electron chi connectivity index (χ4n) is 1.11. The molecule has 0 fully saturated rings. The smallest absolute Gasteiger partial charge is 0.332 e. The number of carbonyl (C=O) groups excluding carboxylic acids is 1. The van der Waals surface area contributed by atoms with E-state index in [-0.39, 0.29) is 0 Å². The van der Waals surface area contributed by atoms with Crippen molar-refractivity contribution in [3.8, 4) is 0 Å². The lowest BCUT2D eigenvalue weighted by molar-refractivity contribution is 0.249. The number of carbonyl (C=O) groups is 1. The Bertz CT molecular complexity index is 346. The largest absolute Gasteiger partial charge is 0.350 e. The zero-order valence-corrected chi connectivity index (χ0v) is 9.51. The van der Waals surface area contributed by atoms with Crippen molar-refractivity contribution in [1.82, 2.24) is 5.43 Å². The molecule has 1 rings (SSSR count). The van der Waals surface area contributed by atoms with Gasteiger partial charge in [0.25, 0.3) is 0 Å². The number of thiophene rings is 1. The molecular formula is C10H15N3OS. The van der Waals surface area contributed by atoms with Crippen molar-refractivity contribution in [3.05, 3.63) is 21.9 Å². The van der Waals surface area contributed by atoms with Crippen LogP contribution in [0.2, 0.25) is 0 Å². The van der Waals surface area contributed by atoms with Crippen LogP contribution in [0.4, 0.5) is 4.79 Å². The summed E-state index contributed by atoms with van der Waals surface area (Å²) in [6.07, 6.45) is 5.12. The van der Waals surface area contributed by atoms with Gasteiger partial charge in [-0.3, -0.25) is 0 Å². The topological polar surface area (TPSA) is 67.5 Å². The Labute approximate surface area is 93.2 Å². The molecule has 0 atom stereocenters. The molecule has 1 heterocycles. The van der Waals surface area contributed by atoms with E-state index in [9.17, 15) is 4.79 Å². The normalized spacial score (nSPS) is 10.7. The first-order chi connectivity index (χ1) is 7.22. The molecule has 3 N–H and O–H groups in total. The third-order valence-electron chi connectivity index (χ3n) is 1.83. The lowest BCUT2D eigenvalue weighted by Gasteiger charge is -1.92. The van der Waals surface area contributed by atoms with Crippen molar-refractivity contribution < 1.29 is 4.79 Å². The average Bonchev–Trinajstić information content (AvgIpc) is 2.62. The molecule has 0 unspecified atom stereocenters. The van der Waals surface area contributed by atoms with E-state index < -0.39 is 6.03 Å². The van der Waals surface area contributed by atoms with Gasteiger partial charge in [0.1, 0.15) is 0 Å². The average molecular weight is 225 g/mol. The Hall–Kier alpha value is -1.36. The number of hydrogen-bond acceptors (Lipinski definition) is 3. The predicted octanol–water partition coefficient (Wildman–Crippen LogP) is 2.09. The highest BCUT2D eigenvalue weighted by Crippen LogP contribution is 2.16. The maximum absolute atomic E-state index is 10.3. The monoisotopic (exact) mass is 225 g/mol. The molecule has 2 amide bonds. The number of primary amides is 1. The fourth-order valence-corrected chi connectivity index (χ4v) is 2.04. The lowest BCUT2D eigenvalue weighted by Crippen LogP contribution is -2.24. The highest BCUT2D eigenvalue weighted by molar-refractivity contribution is 7.13. The number of nitrogens with one attached hydrogen (secondary N) is 1. The maximum atomic E-state index is 10.3. The van der Waals surface area contributed by atoms with Crippen molar-refractivity contribution in [3.63, 3.8) is 0 Å². The number of nitrogens with two attached hydrogens (primary N) is 1. The standard InChI is InChI=1S/C10H15N3OS/c1-2-3-4-8-5-6-9(15-8)7-12-13-10(11)14/h5-7H,2-4H2,1H3,(H3,11,13,14)/b12-7-. The molecule has 0 aliphatic carbocycles. The maximum Gasteiger partial charge on any atom is 0.332 e. The van der Waals surface area contributed by atoms with E-state index in [1.54, 1.807) is 17.6 Å². The highest BCUT2D eigenvalue weighted by atomic mass is 32.1. The second kappa shape index (κ2) is 6.19. The molecule has 0 saturated heterocycles. The Morgan fingerprint density at radius 2 is 2.47 bits per heavy atom. The quantitative estimate of drug-likeness (QED) is 0.584. The SMILES string of the molecule is CCCCc1ccc(/C=N\NC(N)=O)s1. The van der Waals surface area contributed by atoms with Crippen LogP contribution in [0.1, 0.15) is 29.5 Å². The summed E-state index contributed by atoms with van der Waals surface area (Å²) < 4.78 is 0. The molecule has 82 valence electrons. The van der Waals surface area contributed by atoms with Crippen molar-refractivity contribution >= 4 is 23.6 Å². The van der Waals surface area contributed by atoms with Crippen LogP contribution in [0.15, 0.2) is 17.2 Å². The second-order valence-corrected chi connectivity index (χ2v) is 4.34. The summed E-state index contributed by atoms with van der Waals surface area (Å²) in [6, 6.07) is 3.43. The number of nitrogens with zero attached hydrogens (tertiary/aromatic N) is 1. The van der Waals surface area contributed by atoms with Crippen molar-refractivity contribution in [2.45, 2.75) is 26.2 Å². The van der Waals surface area contributed by atoms with Gasteiger partial charge in [-0.2, -0.15) is 5.10 Å². The van der Waals surface area contributed by atoms with Crippen LogP contribution in [0.5, 0.6) is 0 Å². The zero-order chi connectivity index (χ0) is 11.1. The van der Waals surface area contributed by atoms with Crippen molar-refractivity contribution in [1.29, 1.82) is 0 Å². The molecule has 0 saturated carbocycles. The van der Waals surface area contributed by atoms with E-state index in [1.807, 2.05) is 6.07 Å². The zero-order valence-electron chi connectivity index (χ0n) is 8.69. The minimum Gasteiger partial charge on any atom is -0.350 e. The predicted molar refractivity (Wildman–Crippen MR) is 63.2 cm³/mol. The van der Waals surface area contributed by atoms with E-state index >= 15 is 0 Å². The summed E-state index contributed by atoms with van der Waals surface area (Å²) in [4.78, 5) is 12.7. The van der Waals surface area contributed by atoms with E-state index in [2.05, 4.69) is 23.5 Å². The van der Waals surface area contributed by atoms with Gasteiger partial charge in [-0.05, 0) is 25.0 Å². The molecule has 0 aromatic carbocycles. The number of hydrazone groups is 1. The number of aryl methyl sites for hydroxylation is 1.